The van der Waals surface area contributed by atoms with Crippen LogP contribution >= 0.6 is 7.37 Å². The van der Waals surface area contributed by atoms with Crippen molar-refractivity contribution >= 4 is 47.7 Å². The van der Waals surface area contributed by atoms with Gasteiger partial charge in [0.1, 0.15) is 22.4 Å². The maximum Gasteiger partial charge on any atom is 0.292 e. The molecule has 5 aromatic rings. The third kappa shape index (κ3) is 4.82. The van der Waals surface area contributed by atoms with Gasteiger partial charge in [0.05, 0.1) is 16.7 Å². The Morgan fingerprint density at radius 2 is 0.960 bits per heavy atom. The molecular formula is C40H27N2O7P. The zero-order chi connectivity index (χ0) is 34.6. The predicted octanol–water partition coefficient (Wildman–Crippen LogP) is 7.26. The first-order chi connectivity index (χ1) is 24.2. The Balaban J connectivity index is 1.18. The molecule has 2 unspecified atom stereocenters. The van der Waals surface area contributed by atoms with Crippen LogP contribution in [0.25, 0.3) is 11.1 Å². The summed E-state index contributed by atoms with van der Waals surface area (Å²) in [6.07, 6.45) is 4.92. The van der Waals surface area contributed by atoms with E-state index >= 15 is 4.57 Å². The summed E-state index contributed by atoms with van der Waals surface area (Å²) < 4.78 is 28.5. The van der Waals surface area contributed by atoms with Crippen LogP contribution in [0.5, 0.6) is 17.2 Å². The lowest BCUT2D eigenvalue weighted by Crippen LogP contribution is -2.34. The van der Waals surface area contributed by atoms with Crippen LogP contribution < -0.4 is 24.4 Å². The summed E-state index contributed by atoms with van der Waals surface area (Å²) in [6, 6.07) is 35.8. The number of rotatable bonds is 7. The van der Waals surface area contributed by atoms with E-state index in [1.54, 1.807) is 60.7 Å². The quantitative estimate of drug-likeness (QED) is 0.132. The van der Waals surface area contributed by atoms with Crippen LogP contribution in [0, 0.1) is 0 Å². The van der Waals surface area contributed by atoms with Crippen molar-refractivity contribution in [1.82, 2.24) is 0 Å². The van der Waals surface area contributed by atoms with Crippen LogP contribution in [0.2, 0.25) is 0 Å². The van der Waals surface area contributed by atoms with Crippen LogP contribution in [0.15, 0.2) is 146 Å². The summed E-state index contributed by atoms with van der Waals surface area (Å²) in [5.74, 6) is -0.173. The SMILES string of the molecule is CC(c1ccc(Oc2ccc(N3C(=O)C=CC3=O)cc2)cc1)(c1ccc(N2C(=O)C=CC2=O)cc1)P1(=O)Oc2ccccc2-c2ccccc21. The first-order valence-corrected chi connectivity index (χ1v) is 17.4. The van der Waals surface area contributed by atoms with Gasteiger partial charge in [0.25, 0.3) is 31.0 Å². The summed E-state index contributed by atoms with van der Waals surface area (Å²) in [5, 5.41) is -0.680. The number of nitrogens with zero attached hydrogens (tertiary/aromatic N) is 2. The van der Waals surface area contributed by atoms with Crippen molar-refractivity contribution in [2.24, 2.45) is 0 Å². The van der Waals surface area contributed by atoms with Crippen LogP contribution in [0.4, 0.5) is 11.4 Å². The first kappa shape index (κ1) is 31.0. The summed E-state index contributed by atoms with van der Waals surface area (Å²) in [6.45, 7) is 1.88. The Hall–Kier alpha value is -6.31. The molecule has 2 atom stereocenters. The average Bonchev–Trinajstić information content (AvgIpc) is 3.66. The Morgan fingerprint density at radius 1 is 0.540 bits per heavy atom. The van der Waals surface area contributed by atoms with Crippen molar-refractivity contribution in [2.45, 2.75) is 12.1 Å². The molecule has 0 saturated carbocycles. The third-order valence-electron chi connectivity index (χ3n) is 9.27. The molecule has 8 rings (SSSR count). The molecule has 9 nitrogen and oxygen atoms in total. The molecule has 3 heterocycles. The van der Waals surface area contributed by atoms with Crippen LogP contribution in [0.1, 0.15) is 18.1 Å². The molecule has 5 aromatic carbocycles. The lowest BCUT2D eigenvalue weighted by Gasteiger charge is -2.41. The van der Waals surface area contributed by atoms with Crippen molar-refractivity contribution in [2.75, 3.05) is 9.80 Å². The van der Waals surface area contributed by atoms with Gasteiger partial charge >= 0.3 is 0 Å². The molecule has 50 heavy (non-hydrogen) atoms. The van der Waals surface area contributed by atoms with Gasteiger partial charge in [-0.05, 0) is 84.3 Å². The average molecular weight is 679 g/mol. The van der Waals surface area contributed by atoms with E-state index in [2.05, 4.69) is 0 Å². The fourth-order valence-electron chi connectivity index (χ4n) is 6.64. The van der Waals surface area contributed by atoms with Crippen molar-refractivity contribution in [3.05, 3.63) is 157 Å². The fourth-order valence-corrected chi connectivity index (χ4v) is 9.62. The highest BCUT2D eigenvalue weighted by Gasteiger charge is 2.53. The van der Waals surface area contributed by atoms with Gasteiger partial charge in [0.15, 0.2) is 0 Å². The van der Waals surface area contributed by atoms with E-state index in [1.165, 1.54) is 24.3 Å². The lowest BCUT2D eigenvalue weighted by atomic mass is 9.91. The second kappa shape index (κ2) is 11.7. The molecule has 0 bridgehead atoms. The summed E-state index contributed by atoms with van der Waals surface area (Å²) in [4.78, 5) is 51.1. The number of hydrogen-bond acceptors (Lipinski definition) is 7. The van der Waals surface area contributed by atoms with E-state index < -0.39 is 36.2 Å². The highest BCUT2D eigenvalue weighted by atomic mass is 31.2. The maximum absolute atomic E-state index is 15.8. The number of carbonyl (C=O) groups is 4. The lowest BCUT2D eigenvalue weighted by molar-refractivity contribution is -0.121. The minimum absolute atomic E-state index is 0.397. The molecule has 244 valence electrons. The topological polar surface area (TPSA) is 110 Å². The smallest absolute Gasteiger partial charge is 0.292 e. The summed E-state index contributed by atoms with van der Waals surface area (Å²) in [5.41, 5.74) is 3.82. The van der Waals surface area contributed by atoms with Gasteiger partial charge in [-0.1, -0.05) is 60.7 Å². The van der Waals surface area contributed by atoms with Gasteiger partial charge in [-0.15, -0.1) is 0 Å². The third-order valence-corrected chi connectivity index (χ3v) is 12.4. The number of carbonyl (C=O) groups excluding carboxylic acids is 4. The van der Waals surface area contributed by atoms with Gasteiger partial charge in [0, 0.05) is 29.9 Å². The fraction of sp³-hybridized carbons (Fsp3) is 0.0500. The number of hydrogen-bond donors (Lipinski definition) is 0. The van der Waals surface area contributed by atoms with E-state index in [-0.39, 0.29) is 0 Å². The van der Waals surface area contributed by atoms with Crippen LogP contribution in [0.3, 0.4) is 0 Å². The molecule has 3 aliphatic rings. The second-order valence-corrected chi connectivity index (χ2v) is 14.7. The molecule has 0 N–H and O–H groups in total. The number of amides is 4. The number of benzene rings is 5. The number of imide groups is 2. The monoisotopic (exact) mass is 678 g/mol. The standard InChI is InChI=1S/C40H27N2O7P/c1-40(26-10-14-28(15-11-26)41-36(43)22-23-37(41)44,50(47)35-9-5-3-7-33(35)32-6-2-4-8-34(32)49-50)27-12-18-30(19-13-27)48-31-20-16-29(17-21-31)42-38(45)24-25-39(42)46/h2-25H,1H3. The number of ether oxygens (including phenoxy) is 1. The molecule has 0 aromatic heterocycles. The molecule has 0 spiro atoms. The van der Waals surface area contributed by atoms with E-state index in [9.17, 15) is 19.2 Å². The molecule has 4 amide bonds. The molecule has 0 saturated heterocycles. The van der Waals surface area contributed by atoms with Gasteiger partial charge in [-0.25, -0.2) is 9.80 Å². The molecular weight excluding hydrogens is 651 g/mol. The van der Waals surface area contributed by atoms with Gasteiger partial charge in [-0.3, -0.25) is 23.7 Å². The Morgan fingerprint density at radius 3 is 1.50 bits per heavy atom. The second-order valence-electron chi connectivity index (χ2n) is 12.1. The van der Waals surface area contributed by atoms with Crippen molar-refractivity contribution in [3.8, 4) is 28.4 Å². The molecule has 0 fully saturated rings. The molecule has 10 heteroatoms. The Kier molecular flexibility index (Phi) is 7.24. The minimum atomic E-state index is -3.84. The first-order valence-electron chi connectivity index (χ1n) is 15.8. The number of fused-ring (bicyclic) bond motifs is 3. The van der Waals surface area contributed by atoms with Crippen molar-refractivity contribution < 1.29 is 33.0 Å². The van der Waals surface area contributed by atoms with E-state index in [4.69, 9.17) is 9.26 Å². The van der Waals surface area contributed by atoms with Crippen molar-refractivity contribution in [3.63, 3.8) is 0 Å². The number of anilines is 2. The van der Waals surface area contributed by atoms with E-state index in [1.807, 2.05) is 67.6 Å². The Bertz CT molecular complexity index is 2310. The normalized spacial score (nSPS) is 18.9. The van der Waals surface area contributed by atoms with Crippen molar-refractivity contribution in [1.29, 1.82) is 0 Å². The van der Waals surface area contributed by atoms with Crippen LogP contribution in [-0.2, 0) is 28.9 Å². The molecule has 0 aliphatic carbocycles. The zero-order valence-electron chi connectivity index (χ0n) is 26.6. The van der Waals surface area contributed by atoms with Gasteiger partial charge in [0.2, 0.25) is 0 Å². The molecule has 3 aliphatic heterocycles. The van der Waals surface area contributed by atoms with E-state index in [0.29, 0.717) is 45.1 Å². The summed E-state index contributed by atoms with van der Waals surface area (Å²) in [7, 11) is -3.84. The van der Waals surface area contributed by atoms with Gasteiger partial charge < -0.3 is 9.26 Å². The van der Waals surface area contributed by atoms with Crippen LogP contribution in [-0.4, -0.2) is 23.6 Å². The highest BCUT2D eigenvalue weighted by Crippen LogP contribution is 2.69. The predicted molar refractivity (Wildman–Crippen MR) is 189 cm³/mol. The molecule has 0 radical (unpaired) electrons. The number of para-hydroxylation sites is 1. The van der Waals surface area contributed by atoms with E-state index in [0.717, 1.165) is 20.9 Å². The van der Waals surface area contributed by atoms with Gasteiger partial charge in [-0.2, -0.15) is 0 Å². The Labute approximate surface area is 287 Å². The zero-order valence-corrected chi connectivity index (χ0v) is 27.5. The summed E-state index contributed by atoms with van der Waals surface area (Å²) >= 11 is 0. The maximum atomic E-state index is 15.8. The highest BCUT2D eigenvalue weighted by molar-refractivity contribution is 7.69. The largest absolute Gasteiger partial charge is 0.457 e. The minimum Gasteiger partial charge on any atom is -0.457 e.